The standard InChI is InChI=1S/C14H14ClN3O2.C2H6.2C2H4/c1-3-9-4-10(6-19)20-14(9)18-5-8(2)11-12(15)16-7-17-13(11)18;3*1-2/h1,5,7,9-10,14,19H,4,6H2,2H3;1-2H3;2*1-2H2/t9-,10-,14+;;;/m0.../s1. The molecule has 26 heavy (non-hydrogen) atoms. The van der Waals surface area contributed by atoms with Crippen molar-refractivity contribution in [2.45, 2.75) is 39.5 Å². The van der Waals surface area contributed by atoms with Gasteiger partial charge in [0.05, 0.1) is 24.0 Å². The maximum Gasteiger partial charge on any atom is 0.149 e. The van der Waals surface area contributed by atoms with Gasteiger partial charge in [0.15, 0.2) is 0 Å². The lowest BCUT2D eigenvalue weighted by Crippen LogP contribution is -2.15. The molecule has 2 aromatic heterocycles. The lowest BCUT2D eigenvalue weighted by atomic mass is 10.0. The van der Waals surface area contributed by atoms with Gasteiger partial charge < -0.3 is 14.4 Å². The Morgan fingerprint density at radius 1 is 1.35 bits per heavy atom. The number of aliphatic hydroxyl groups is 1. The highest BCUT2D eigenvalue weighted by Crippen LogP contribution is 2.37. The zero-order valence-electron chi connectivity index (χ0n) is 15.8. The highest BCUT2D eigenvalue weighted by atomic mass is 35.5. The number of fused-ring (bicyclic) bond motifs is 1. The van der Waals surface area contributed by atoms with E-state index in [0.29, 0.717) is 17.2 Å². The summed E-state index contributed by atoms with van der Waals surface area (Å²) in [5.74, 6) is 2.63. The summed E-state index contributed by atoms with van der Waals surface area (Å²) in [6.07, 6.45) is 8.97. The minimum absolute atomic E-state index is 0.0391. The zero-order chi connectivity index (χ0) is 20.3. The van der Waals surface area contributed by atoms with Crippen molar-refractivity contribution in [3.63, 3.8) is 0 Å². The maximum atomic E-state index is 9.26. The molecule has 1 aliphatic rings. The van der Waals surface area contributed by atoms with Crippen LogP contribution in [0.25, 0.3) is 11.0 Å². The van der Waals surface area contributed by atoms with Crippen LogP contribution in [-0.4, -0.2) is 32.4 Å². The SMILES string of the molecule is C#C[C@H]1C[C@@H](CO)O[C@H]1n1cc(C)c2c(Cl)ncnc21.C=C.C=C.CC. The summed E-state index contributed by atoms with van der Waals surface area (Å²) < 4.78 is 7.72. The van der Waals surface area contributed by atoms with E-state index < -0.39 is 0 Å². The summed E-state index contributed by atoms with van der Waals surface area (Å²) in [5, 5.41) is 10.5. The number of aliphatic hydroxyl groups excluding tert-OH is 1. The Labute approximate surface area is 161 Å². The van der Waals surface area contributed by atoms with Crippen molar-refractivity contribution >= 4 is 22.6 Å². The van der Waals surface area contributed by atoms with Crippen LogP contribution in [0.15, 0.2) is 38.8 Å². The summed E-state index contributed by atoms with van der Waals surface area (Å²) in [6, 6.07) is 0. The van der Waals surface area contributed by atoms with Gasteiger partial charge >= 0.3 is 0 Å². The second kappa shape index (κ2) is 12.3. The van der Waals surface area contributed by atoms with E-state index in [1.807, 2.05) is 31.5 Å². The second-order valence-electron chi connectivity index (χ2n) is 4.92. The first-order valence-electron chi connectivity index (χ1n) is 8.35. The third-order valence-corrected chi connectivity index (χ3v) is 3.92. The number of ether oxygens (including phenoxy) is 1. The fourth-order valence-corrected chi connectivity index (χ4v) is 2.97. The van der Waals surface area contributed by atoms with Crippen molar-refractivity contribution < 1.29 is 9.84 Å². The van der Waals surface area contributed by atoms with Crippen LogP contribution in [0.1, 0.15) is 32.1 Å². The lowest BCUT2D eigenvalue weighted by molar-refractivity contribution is -0.0260. The first-order chi connectivity index (χ1) is 12.7. The number of nitrogens with zero attached hydrogens (tertiary/aromatic N) is 3. The molecule has 0 spiro atoms. The van der Waals surface area contributed by atoms with Gasteiger partial charge in [-0.05, 0) is 18.9 Å². The van der Waals surface area contributed by atoms with Gasteiger partial charge in [0.25, 0.3) is 0 Å². The van der Waals surface area contributed by atoms with Gasteiger partial charge in [0.1, 0.15) is 23.4 Å². The van der Waals surface area contributed by atoms with Crippen molar-refractivity contribution in [3.8, 4) is 12.3 Å². The van der Waals surface area contributed by atoms with E-state index in [1.165, 1.54) is 6.33 Å². The molecule has 1 N–H and O–H groups in total. The molecule has 0 unspecified atom stereocenters. The molecule has 0 saturated carbocycles. The van der Waals surface area contributed by atoms with E-state index in [2.05, 4.69) is 42.2 Å². The molecule has 2 aromatic rings. The number of rotatable bonds is 2. The normalized spacial score (nSPS) is 20.5. The van der Waals surface area contributed by atoms with Crippen LogP contribution in [-0.2, 0) is 4.74 Å². The Morgan fingerprint density at radius 3 is 2.50 bits per heavy atom. The average Bonchev–Trinajstić information content (AvgIpc) is 3.28. The van der Waals surface area contributed by atoms with Gasteiger partial charge in [0, 0.05) is 6.20 Å². The van der Waals surface area contributed by atoms with E-state index in [0.717, 1.165) is 10.9 Å². The van der Waals surface area contributed by atoms with Gasteiger partial charge in [-0.1, -0.05) is 31.4 Å². The topological polar surface area (TPSA) is 60.2 Å². The van der Waals surface area contributed by atoms with Crippen LogP contribution in [0.5, 0.6) is 0 Å². The fraction of sp³-hybridized carbons (Fsp3) is 0.400. The Kier molecular flexibility index (Phi) is 11.3. The van der Waals surface area contributed by atoms with Gasteiger partial charge in [0.2, 0.25) is 0 Å². The number of hydrogen-bond donors (Lipinski definition) is 1. The second-order valence-corrected chi connectivity index (χ2v) is 5.28. The molecular weight excluding hydrogens is 350 g/mol. The molecule has 0 aliphatic carbocycles. The third kappa shape index (κ3) is 4.95. The van der Waals surface area contributed by atoms with Crippen molar-refractivity contribution in [3.05, 3.63) is 49.6 Å². The molecule has 0 amide bonds. The van der Waals surface area contributed by atoms with E-state index in [1.54, 1.807) is 0 Å². The summed E-state index contributed by atoms with van der Waals surface area (Å²) in [5.41, 5.74) is 1.67. The van der Waals surface area contributed by atoms with Gasteiger partial charge in [-0.15, -0.1) is 32.7 Å². The monoisotopic (exact) mass is 377 g/mol. The molecule has 0 bridgehead atoms. The zero-order valence-corrected chi connectivity index (χ0v) is 16.5. The predicted octanol–water partition coefficient (Wildman–Crippen LogP) is 4.55. The largest absolute Gasteiger partial charge is 0.394 e. The third-order valence-electron chi connectivity index (χ3n) is 3.64. The quantitative estimate of drug-likeness (QED) is 0.473. The molecule has 6 heteroatoms. The highest BCUT2D eigenvalue weighted by Gasteiger charge is 2.36. The summed E-state index contributed by atoms with van der Waals surface area (Å²) in [6.45, 7) is 17.9. The minimum atomic E-state index is -0.334. The van der Waals surface area contributed by atoms with Crippen LogP contribution in [0.3, 0.4) is 0 Å². The van der Waals surface area contributed by atoms with E-state index in [4.69, 9.17) is 22.8 Å². The molecule has 5 nitrogen and oxygen atoms in total. The fourth-order valence-electron chi connectivity index (χ4n) is 2.69. The number of hydrogen-bond acceptors (Lipinski definition) is 4. The van der Waals surface area contributed by atoms with Crippen LogP contribution in [0, 0.1) is 25.2 Å². The number of aromatic nitrogens is 3. The van der Waals surface area contributed by atoms with Crippen molar-refractivity contribution in [2.24, 2.45) is 5.92 Å². The van der Waals surface area contributed by atoms with E-state index in [-0.39, 0.29) is 24.9 Å². The molecule has 0 radical (unpaired) electrons. The number of aryl methyl sites for hydroxylation is 1. The minimum Gasteiger partial charge on any atom is -0.394 e. The Balaban J connectivity index is 0.000000948. The van der Waals surface area contributed by atoms with Gasteiger partial charge in [-0.25, -0.2) is 9.97 Å². The summed E-state index contributed by atoms with van der Waals surface area (Å²) >= 11 is 6.12. The highest BCUT2D eigenvalue weighted by molar-refractivity contribution is 6.34. The predicted molar refractivity (Wildman–Crippen MR) is 109 cm³/mol. The van der Waals surface area contributed by atoms with Gasteiger partial charge in [-0.3, -0.25) is 0 Å². The smallest absolute Gasteiger partial charge is 0.149 e. The number of terminal acetylenes is 1. The van der Waals surface area contributed by atoms with Crippen molar-refractivity contribution in [1.82, 2.24) is 14.5 Å². The molecular formula is C20H28ClN3O2. The van der Waals surface area contributed by atoms with E-state index in [9.17, 15) is 5.11 Å². The van der Waals surface area contributed by atoms with E-state index >= 15 is 0 Å². The van der Waals surface area contributed by atoms with Crippen LogP contribution in [0.2, 0.25) is 5.15 Å². The summed E-state index contributed by atoms with van der Waals surface area (Å²) in [4.78, 5) is 8.28. The average molecular weight is 378 g/mol. The lowest BCUT2D eigenvalue weighted by Gasteiger charge is -2.17. The molecule has 3 rings (SSSR count). The van der Waals surface area contributed by atoms with Crippen LogP contribution >= 0.6 is 11.6 Å². The first kappa shape index (κ1) is 23.9. The van der Waals surface area contributed by atoms with Gasteiger partial charge in [-0.2, -0.15) is 0 Å². The molecule has 3 heterocycles. The molecule has 142 valence electrons. The maximum absolute atomic E-state index is 9.26. The molecule has 0 aromatic carbocycles. The molecule has 3 atom stereocenters. The van der Waals surface area contributed by atoms with Crippen LogP contribution < -0.4 is 0 Å². The first-order valence-corrected chi connectivity index (χ1v) is 8.73. The Bertz CT molecular complexity index is 722. The Morgan fingerprint density at radius 2 is 1.96 bits per heavy atom. The molecule has 1 fully saturated rings. The van der Waals surface area contributed by atoms with Crippen molar-refractivity contribution in [2.75, 3.05) is 6.61 Å². The number of halogens is 1. The molecule has 1 saturated heterocycles. The summed E-state index contributed by atoms with van der Waals surface area (Å²) in [7, 11) is 0. The van der Waals surface area contributed by atoms with Crippen LogP contribution in [0.4, 0.5) is 0 Å². The molecule has 1 aliphatic heterocycles. The van der Waals surface area contributed by atoms with Crippen molar-refractivity contribution in [1.29, 1.82) is 0 Å². The Hall–Kier alpha value is -2.13.